The van der Waals surface area contributed by atoms with Gasteiger partial charge in [-0.15, -0.1) is 0 Å². The van der Waals surface area contributed by atoms with Gasteiger partial charge in [0.1, 0.15) is 0 Å². The number of nitrogens with zero attached hydrogens (tertiary/aromatic N) is 5. The molecule has 0 bridgehead atoms. The molecule has 0 aromatic carbocycles. The second-order valence-electron chi connectivity index (χ2n) is 3.45. The van der Waals surface area contributed by atoms with Gasteiger partial charge in [-0.2, -0.15) is 0 Å². The molecule has 1 heterocycles. The lowest BCUT2D eigenvalue weighted by molar-refractivity contribution is 0.283. The Balaban J connectivity index is 2.21. The molecule has 5 nitrogen and oxygen atoms in total. The van der Waals surface area contributed by atoms with Crippen LogP contribution in [0.2, 0.25) is 0 Å². The molecule has 0 atom stereocenters. The van der Waals surface area contributed by atoms with Gasteiger partial charge >= 0.3 is 0 Å². The van der Waals surface area contributed by atoms with Crippen LogP contribution in [0.5, 0.6) is 0 Å². The molecule has 74 valence electrons. The van der Waals surface area contributed by atoms with Crippen LogP contribution in [-0.4, -0.2) is 56.1 Å². The van der Waals surface area contributed by atoms with E-state index in [1.54, 1.807) is 0 Å². The molecule has 0 aromatic heterocycles. The first kappa shape index (κ1) is 10.3. The van der Waals surface area contributed by atoms with Gasteiger partial charge in [0.15, 0.2) is 0 Å². The maximum Gasteiger partial charge on any atom is 0.0385 e. The van der Waals surface area contributed by atoms with Crippen molar-refractivity contribution in [2.24, 2.45) is 5.11 Å². The van der Waals surface area contributed by atoms with Crippen LogP contribution >= 0.6 is 0 Å². The summed E-state index contributed by atoms with van der Waals surface area (Å²) in [6.07, 6.45) is 1.22. The Morgan fingerprint density at radius 2 is 2.15 bits per heavy atom. The van der Waals surface area contributed by atoms with E-state index in [2.05, 4.69) is 26.9 Å². The summed E-state index contributed by atoms with van der Waals surface area (Å²) in [5.41, 5.74) is 8.12. The molecule has 0 aliphatic carbocycles. The van der Waals surface area contributed by atoms with E-state index in [4.69, 9.17) is 5.53 Å². The first-order valence-electron chi connectivity index (χ1n) is 4.74. The summed E-state index contributed by atoms with van der Waals surface area (Å²) in [5, 5.41) is 3.54. The zero-order valence-electron chi connectivity index (χ0n) is 8.19. The van der Waals surface area contributed by atoms with Crippen molar-refractivity contribution in [3.8, 4) is 0 Å². The quantitative estimate of drug-likeness (QED) is 0.371. The van der Waals surface area contributed by atoms with Crippen molar-refractivity contribution in [1.29, 1.82) is 0 Å². The van der Waals surface area contributed by atoms with E-state index in [1.807, 2.05) is 0 Å². The van der Waals surface area contributed by atoms with E-state index < -0.39 is 0 Å². The minimum Gasteiger partial charge on any atom is -0.305 e. The van der Waals surface area contributed by atoms with Gasteiger partial charge in [0.25, 0.3) is 0 Å². The molecule has 0 radical (unpaired) electrons. The highest BCUT2D eigenvalue weighted by atomic mass is 15.2. The fraction of sp³-hybridized carbons (Fsp3) is 1.00. The Hall–Kier alpha value is -0.770. The fourth-order valence-corrected chi connectivity index (χ4v) is 1.55. The Bertz CT molecular complexity index is 187. The van der Waals surface area contributed by atoms with Crippen molar-refractivity contribution >= 4 is 0 Å². The van der Waals surface area contributed by atoms with E-state index in [1.165, 1.54) is 13.0 Å². The molecule has 1 aliphatic rings. The maximum atomic E-state index is 8.12. The molecule has 0 spiro atoms. The second kappa shape index (κ2) is 5.80. The summed E-state index contributed by atoms with van der Waals surface area (Å²) in [7, 11) is 2.15. The highest BCUT2D eigenvalue weighted by molar-refractivity contribution is 4.67. The molecule has 1 fully saturated rings. The normalized spacial score (nSPS) is 20.7. The average molecular weight is 183 g/mol. The Kier molecular flexibility index (Phi) is 4.60. The number of hydrogen-bond donors (Lipinski definition) is 0. The summed E-state index contributed by atoms with van der Waals surface area (Å²) in [6.45, 7) is 6.02. The fourth-order valence-electron chi connectivity index (χ4n) is 1.55. The summed E-state index contributed by atoms with van der Waals surface area (Å²) >= 11 is 0. The molecule has 1 aliphatic heterocycles. The van der Waals surface area contributed by atoms with Gasteiger partial charge in [0.05, 0.1) is 0 Å². The van der Waals surface area contributed by atoms with E-state index in [-0.39, 0.29) is 0 Å². The van der Waals surface area contributed by atoms with Gasteiger partial charge in [0, 0.05) is 31.1 Å². The molecule has 0 aromatic rings. The third-order valence-electron chi connectivity index (χ3n) is 2.39. The SMILES string of the molecule is CN1CCCN(CCN=[N+]=[N-])CC1. The van der Waals surface area contributed by atoms with Crippen molar-refractivity contribution in [1.82, 2.24) is 9.80 Å². The zero-order valence-corrected chi connectivity index (χ0v) is 8.19. The smallest absolute Gasteiger partial charge is 0.0385 e. The summed E-state index contributed by atoms with van der Waals surface area (Å²) in [4.78, 5) is 7.45. The predicted molar refractivity (Wildman–Crippen MR) is 52.6 cm³/mol. The van der Waals surface area contributed by atoms with Gasteiger partial charge in [-0.3, -0.25) is 0 Å². The lowest BCUT2D eigenvalue weighted by atomic mass is 10.4. The molecule has 0 saturated carbocycles. The van der Waals surface area contributed by atoms with Crippen molar-refractivity contribution in [3.63, 3.8) is 0 Å². The second-order valence-corrected chi connectivity index (χ2v) is 3.45. The first-order valence-corrected chi connectivity index (χ1v) is 4.74. The summed E-state index contributed by atoms with van der Waals surface area (Å²) < 4.78 is 0. The minimum absolute atomic E-state index is 0.597. The van der Waals surface area contributed by atoms with Crippen LogP contribution in [0.4, 0.5) is 0 Å². The van der Waals surface area contributed by atoms with Crippen LogP contribution in [0.25, 0.3) is 10.4 Å². The lowest BCUT2D eigenvalue weighted by Crippen LogP contribution is -2.30. The Morgan fingerprint density at radius 3 is 2.92 bits per heavy atom. The van der Waals surface area contributed by atoms with Crippen LogP contribution in [0, 0.1) is 0 Å². The van der Waals surface area contributed by atoms with Crippen LogP contribution in [-0.2, 0) is 0 Å². The summed E-state index contributed by atoms with van der Waals surface area (Å²) in [5.74, 6) is 0. The van der Waals surface area contributed by atoms with Gasteiger partial charge in [-0.05, 0) is 32.1 Å². The molecule has 0 unspecified atom stereocenters. The van der Waals surface area contributed by atoms with E-state index in [9.17, 15) is 0 Å². The molecule has 0 amide bonds. The van der Waals surface area contributed by atoms with Gasteiger partial charge in [-0.1, -0.05) is 5.11 Å². The van der Waals surface area contributed by atoms with Gasteiger partial charge in [0.2, 0.25) is 0 Å². The average Bonchev–Trinajstić information content (AvgIpc) is 2.32. The standard InChI is InChI=1S/C8H17N5/c1-12-4-2-5-13(8-7-12)6-3-10-11-9/h2-8H2,1H3. The van der Waals surface area contributed by atoms with Crippen LogP contribution in [0.15, 0.2) is 5.11 Å². The zero-order chi connectivity index (χ0) is 9.52. The van der Waals surface area contributed by atoms with Crippen LogP contribution in [0.3, 0.4) is 0 Å². The molecule has 1 rings (SSSR count). The van der Waals surface area contributed by atoms with Gasteiger partial charge in [-0.25, -0.2) is 0 Å². The highest BCUT2D eigenvalue weighted by Gasteiger charge is 2.10. The monoisotopic (exact) mass is 183 g/mol. The molecular weight excluding hydrogens is 166 g/mol. The third-order valence-corrected chi connectivity index (χ3v) is 2.39. The van der Waals surface area contributed by atoms with Crippen molar-refractivity contribution in [2.45, 2.75) is 6.42 Å². The summed E-state index contributed by atoms with van der Waals surface area (Å²) in [6, 6.07) is 0. The van der Waals surface area contributed by atoms with Crippen LogP contribution in [0.1, 0.15) is 6.42 Å². The number of hydrogen-bond acceptors (Lipinski definition) is 3. The molecule has 13 heavy (non-hydrogen) atoms. The molecule has 0 N–H and O–H groups in total. The van der Waals surface area contributed by atoms with Crippen LogP contribution < -0.4 is 0 Å². The third kappa shape index (κ3) is 4.12. The van der Waals surface area contributed by atoms with E-state index >= 15 is 0 Å². The lowest BCUT2D eigenvalue weighted by Gasteiger charge is -2.18. The molecule has 1 saturated heterocycles. The number of azide groups is 1. The molecular formula is C8H17N5. The van der Waals surface area contributed by atoms with Crippen molar-refractivity contribution in [2.75, 3.05) is 46.3 Å². The van der Waals surface area contributed by atoms with Gasteiger partial charge < -0.3 is 9.80 Å². The molecule has 5 heteroatoms. The van der Waals surface area contributed by atoms with Crippen molar-refractivity contribution < 1.29 is 0 Å². The first-order chi connectivity index (χ1) is 6.33. The number of likely N-dealkylation sites (N-methyl/N-ethyl adjacent to an activating group) is 1. The number of rotatable bonds is 3. The largest absolute Gasteiger partial charge is 0.305 e. The van der Waals surface area contributed by atoms with Crippen molar-refractivity contribution in [3.05, 3.63) is 10.4 Å². The minimum atomic E-state index is 0.597. The predicted octanol–water partition coefficient (Wildman–Crippen LogP) is 0.934. The highest BCUT2D eigenvalue weighted by Crippen LogP contribution is 2.00. The maximum absolute atomic E-state index is 8.12. The topological polar surface area (TPSA) is 55.2 Å². The Morgan fingerprint density at radius 1 is 1.31 bits per heavy atom. The van der Waals surface area contributed by atoms with E-state index in [0.717, 1.165) is 26.2 Å². The Labute approximate surface area is 78.9 Å². The van der Waals surface area contributed by atoms with E-state index in [0.29, 0.717) is 6.54 Å².